The molecular weight excluding hydrogens is 230 g/mol. The summed E-state index contributed by atoms with van der Waals surface area (Å²) in [6.45, 7) is 3.81. The number of aliphatic carboxylic acids is 1. The van der Waals surface area contributed by atoms with E-state index in [9.17, 15) is 9.59 Å². The van der Waals surface area contributed by atoms with E-state index in [0.29, 0.717) is 6.42 Å². The van der Waals surface area contributed by atoms with Crippen LogP contribution in [0.1, 0.15) is 31.7 Å². The lowest BCUT2D eigenvalue weighted by Gasteiger charge is -2.12. The van der Waals surface area contributed by atoms with Crippen LogP contribution in [0.25, 0.3) is 0 Å². The lowest BCUT2D eigenvalue weighted by atomic mass is 9.99. The molecule has 98 valence electrons. The van der Waals surface area contributed by atoms with Gasteiger partial charge in [-0.25, -0.2) is 0 Å². The lowest BCUT2D eigenvalue weighted by Crippen LogP contribution is -2.22. The van der Waals surface area contributed by atoms with Gasteiger partial charge in [0.25, 0.3) is 0 Å². The molecule has 0 heterocycles. The third-order valence-electron chi connectivity index (χ3n) is 2.84. The van der Waals surface area contributed by atoms with Crippen LogP contribution < -0.4 is 5.32 Å². The van der Waals surface area contributed by atoms with Crippen LogP contribution in [0.3, 0.4) is 0 Å². The number of para-hydroxylation sites is 1. The first-order valence-electron chi connectivity index (χ1n) is 6.13. The molecule has 0 aliphatic heterocycles. The van der Waals surface area contributed by atoms with Crippen molar-refractivity contribution < 1.29 is 14.7 Å². The van der Waals surface area contributed by atoms with Crippen molar-refractivity contribution in [1.82, 2.24) is 0 Å². The molecule has 18 heavy (non-hydrogen) atoms. The number of carboxylic acids is 1. The maximum absolute atomic E-state index is 11.8. The predicted molar refractivity (Wildman–Crippen MR) is 70.5 cm³/mol. The Balaban J connectivity index is 2.61. The van der Waals surface area contributed by atoms with E-state index >= 15 is 0 Å². The molecular formula is C14H19NO3. The normalized spacial score (nSPS) is 11.9. The number of carbonyl (C=O) groups is 2. The number of hydrogen-bond acceptors (Lipinski definition) is 2. The Morgan fingerprint density at radius 3 is 2.56 bits per heavy atom. The van der Waals surface area contributed by atoms with E-state index in [1.165, 1.54) is 0 Å². The van der Waals surface area contributed by atoms with E-state index in [1.54, 1.807) is 0 Å². The number of hydrogen-bond donors (Lipinski definition) is 2. The number of aryl methyl sites for hydroxylation is 1. The van der Waals surface area contributed by atoms with Crippen LogP contribution in [-0.2, 0) is 9.59 Å². The number of nitrogens with one attached hydrogen (secondary N) is 1. The van der Waals surface area contributed by atoms with Gasteiger partial charge in [0.15, 0.2) is 0 Å². The summed E-state index contributed by atoms with van der Waals surface area (Å²) >= 11 is 0. The second kappa shape index (κ2) is 6.79. The molecule has 4 heteroatoms. The van der Waals surface area contributed by atoms with E-state index in [4.69, 9.17) is 5.11 Å². The fourth-order valence-electron chi connectivity index (χ4n) is 1.80. The molecule has 0 saturated heterocycles. The summed E-state index contributed by atoms with van der Waals surface area (Å²) in [5, 5.41) is 11.7. The molecule has 0 radical (unpaired) electrons. The molecule has 1 aromatic carbocycles. The first-order valence-corrected chi connectivity index (χ1v) is 6.13. The monoisotopic (exact) mass is 249 g/mol. The quantitative estimate of drug-likeness (QED) is 0.814. The van der Waals surface area contributed by atoms with Crippen LogP contribution in [0, 0.1) is 12.8 Å². The molecule has 0 aliphatic carbocycles. The zero-order valence-corrected chi connectivity index (χ0v) is 10.8. The van der Waals surface area contributed by atoms with Crippen LogP contribution in [0.5, 0.6) is 0 Å². The van der Waals surface area contributed by atoms with Gasteiger partial charge < -0.3 is 10.4 Å². The van der Waals surface area contributed by atoms with Crippen molar-refractivity contribution in [2.24, 2.45) is 5.92 Å². The Hall–Kier alpha value is -1.84. The number of carboxylic acid groups (broad SMARTS) is 1. The minimum atomic E-state index is -0.906. The smallest absolute Gasteiger partial charge is 0.307 e. The Bertz CT molecular complexity index is 429. The fourth-order valence-corrected chi connectivity index (χ4v) is 1.80. The van der Waals surface area contributed by atoms with Crippen molar-refractivity contribution in [3.8, 4) is 0 Å². The van der Waals surface area contributed by atoms with Crippen molar-refractivity contribution in [2.45, 2.75) is 33.1 Å². The van der Waals surface area contributed by atoms with Crippen molar-refractivity contribution in [3.05, 3.63) is 29.8 Å². The summed E-state index contributed by atoms with van der Waals surface area (Å²) in [5.74, 6) is -1.75. The van der Waals surface area contributed by atoms with Crippen LogP contribution >= 0.6 is 0 Å². The van der Waals surface area contributed by atoms with E-state index in [2.05, 4.69) is 5.32 Å². The topological polar surface area (TPSA) is 66.4 Å². The third-order valence-corrected chi connectivity index (χ3v) is 2.84. The van der Waals surface area contributed by atoms with E-state index in [-0.39, 0.29) is 12.3 Å². The molecule has 1 rings (SSSR count). The highest BCUT2D eigenvalue weighted by Gasteiger charge is 2.20. The molecule has 2 N–H and O–H groups in total. The van der Waals surface area contributed by atoms with Crippen LogP contribution in [0.15, 0.2) is 24.3 Å². The van der Waals surface area contributed by atoms with Crippen LogP contribution in [0.4, 0.5) is 5.69 Å². The van der Waals surface area contributed by atoms with E-state index < -0.39 is 11.9 Å². The summed E-state index contributed by atoms with van der Waals surface area (Å²) in [6.07, 6.45) is 1.31. The summed E-state index contributed by atoms with van der Waals surface area (Å²) < 4.78 is 0. The average molecular weight is 249 g/mol. The number of rotatable bonds is 6. The van der Waals surface area contributed by atoms with E-state index in [1.807, 2.05) is 38.1 Å². The van der Waals surface area contributed by atoms with Gasteiger partial charge in [-0.2, -0.15) is 0 Å². The van der Waals surface area contributed by atoms with Gasteiger partial charge in [-0.15, -0.1) is 0 Å². The standard InChI is InChI=1S/C14H19NO3/c1-3-6-11(14(17)18)9-13(16)15-12-8-5-4-7-10(12)2/h4-5,7-8,11H,3,6,9H2,1-2H3,(H,15,16)(H,17,18). The highest BCUT2D eigenvalue weighted by Crippen LogP contribution is 2.16. The van der Waals surface area contributed by atoms with Gasteiger partial charge in [0.1, 0.15) is 0 Å². The zero-order chi connectivity index (χ0) is 13.5. The van der Waals surface area contributed by atoms with Gasteiger partial charge in [-0.1, -0.05) is 31.5 Å². The molecule has 0 fully saturated rings. The van der Waals surface area contributed by atoms with Gasteiger partial charge in [0.05, 0.1) is 5.92 Å². The summed E-state index contributed by atoms with van der Waals surface area (Å²) in [7, 11) is 0. The second-order valence-corrected chi connectivity index (χ2v) is 4.39. The molecule has 1 atom stereocenters. The minimum absolute atomic E-state index is 0.0253. The van der Waals surface area contributed by atoms with Gasteiger partial charge in [0, 0.05) is 12.1 Å². The molecule has 0 aliphatic rings. The number of carbonyl (C=O) groups excluding carboxylic acids is 1. The Morgan fingerprint density at radius 2 is 2.00 bits per heavy atom. The summed E-state index contributed by atoms with van der Waals surface area (Å²) in [5.41, 5.74) is 1.70. The third kappa shape index (κ3) is 4.20. The van der Waals surface area contributed by atoms with Crippen LogP contribution in [0.2, 0.25) is 0 Å². The summed E-state index contributed by atoms with van der Waals surface area (Å²) in [6, 6.07) is 7.44. The molecule has 0 spiro atoms. The highest BCUT2D eigenvalue weighted by atomic mass is 16.4. The minimum Gasteiger partial charge on any atom is -0.481 e. The molecule has 1 aromatic rings. The molecule has 1 unspecified atom stereocenters. The van der Waals surface area contributed by atoms with Crippen molar-refractivity contribution >= 4 is 17.6 Å². The van der Waals surface area contributed by atoms with E-state index in [0.717, 1.165) is 17.7 Å². The number of amides is 1. The fraction of sp³-hybridized carbons (Fsp3) is 0.429. The van der Waals surface area contributed by atoms with Crippen molar-refractivity contribution in [1.29, 1.82) is 0 Å². The van der Waals surface area contributed by atoms with Crippen molar-refractivity contribution in [2.75, 3.05) is 5.32 Å². The first-order chi connectivity index (χ1) is 8.54. The molecule has 1 amide bonds. The maximum atomic E-state index is 11.8. The van der Waals surface area contributed by atoms with Gasteiger partial charge >= 0.3 is 5.97 Å². The molecule has 0 bridgehead atoms. The Labute approximate surface area is 107 Å². The molecule has 0 saturated carbocycles. The first kappa shape index (κ1) is 14.2. The number of benzene rings is 1. The molecule has 4 nitrogen and oxygen atoms in total. The second-order valence-electron chi connectivity index (χ2n) is 4.39. The van der Waals surface area contributed by atoms with Gasteiger partial charge in [0.2, 0.25) is 5.91 Å². The highest BCUT2D eigenvalue weighted by molar-refractivity contribution is 5.93. The predicted octanol–water partition coefficient (Wildman–Crippen LogP) is 2.82. The Kier molecular flexibility index (Phi) is 5.36. The SMILES string of the molecule is CCCC(CC(=O)Nc1ccccc1C)C(=O)O. The summed E-state index contributed by atoms with van der Waals surface area (Å²) in [4.78, 5) is 22.7. The maximum Gasteiger partial charge on any atom is 0.307 e. The lowest BCUT2D eigenvalue weighted by molar-refractivity contribution is -0.143. The van der Waals surface area contributed by atoms with Gasteiger partial charge in [-0.05, 0) is 25.0 Å². The van der Waals surface area contributed by atoms with Crippen molar-refractivity contribution in [3.63, 3.8) is 0 Å². The Morgan fingerprint density at radius 1 is 1.33 bits per heavy atom. The largest absolute Gasteiger partial charge is 0.481 e. The molecule has 0 aromatic heterocycles. The van der Waals surface area contributed by atoms with Crippen LogP contribution in [-0.4, -0.2) is 17.0 Å². The average Bonchev–Trinajstić information content (AvgIpc) is 2.31. The van der Waals surface area contributed by atoms with Gasteiger partial charge in [-0.3, -0.25) is 9.59 Å². The number of anilines is 1. The zero-order valence-electron chi connectivity index (χ0n) is 10.8.